The van der Waals surface area contributed by atoms with Crippen LogP contribution >= 0.6 is 23.1 Å². The average Bonchev–Trinajstić information content (AvgIpc) is 2.89. The summed E-state index contributed by atoms with van der Waals surface area (Å²) in [6.07, 6.45) is 2.84. The topological polar surface area (TPSA) is 37.8 Å². The van der Waals surface area contributed by atoms with Crippen molar-refractivity contribution in [3.63, 3.8) is 0 Å². The Morgan fingerprint density at radius 1 is 1.53 bits per heavy atom. The molecule has 0 bridgehead atoms. The number of thiophene rings is 1. The third-order valence-electron chi connectivity index (χ3n) is 2.21. The zero-order valence-electron chi connectivity index (χ0n) is 8.51. The van der Waals surface area contributed by atoms with Gasteiger partial charge in [0.1, 0.15) is 0 Å². The van der Waals surface area contributed by atoms with Gasteiger partial charge in [-0.3, -0.25) is 0 Å². The van der Waals surface area contributed by atoms with Crippen LogP contribution in [-0.4, -0.2) is 15.3 Å². The summed E-state index contributed by atoms with van der Waals surface area (Å²) < 4.78 is 8.33. The van der Waals surface area contributed by atoms with Gasteiger partial charge in [0.05, 0.1) is 29.7 Å². The standard InChI is InChI=1S/C10H13N3S2/c1-2-11-9(10-6-12-15-13-10)5-8-3-4-14-7-8/h3-4,6-7,9,11H,2,5H2,1H3. The van der Waals surface area contributed by atoms with Crippen molar-refractivity contribution in [3.8, 4) is 0 Å². The fourth-order valence-electron chi connectivity index (χ4n) is 1.50. The molecule has 0 radical (unpaired) electrons. The van der Waals surface area contributed by atoms with E-state index in [4.69, 9.17) is 0 Å². The van der Waals surface area contributed by atoms with Gasteiger partial charge in [-0.1, -0.05) is 6.92 Å². The first kappa shape index (κ1) is 10.7. The smallest absolute Gasteiger partial charge is 0.0915 e. The van der Waals surface area contributed by atoms with E-state index < -0.39 is 0 Å². The van der Waals surface area contributed by atoms with Crippen LogP contribution < -0.4 is 5.32 Å². The molecule has 0 aromatic carbocycles. The molecule has 0 amide bonds. The molecule has 0 saturated heterocycles. The highest BCUT2D eigenvalue weighted by Crippen LogP contribution is 2.18. The molecule has 2 aromatic rings. The monoisotopic (exact) mass is 239 g/mol. The van der Waals surface area contributed by atoms with E-state index in [9.17, 15) is 0 Å². The molecule has 80 valence electrons. The van der Waals surface area contributed by atoms with Gasteiger partial charge >= 0.3 is 0 Å². The van der Waals surface area contributed by atoms with Crippen molar-refractivity contribution in [3.05, 3.63) is 34.3 Å². The van der Waals surface area contributed by atoms with Gasteiger partial charge in [0.15, 0.2) is 0 Å². The summed E-state index contributed by atoms with van der Waals surface area (Å²) >= 11 is 3.00. The third kappa shape index (κ3) is 2.84. The molecule has 0 aliphatic rings. The number of hydrogen-bond acceptors (Lipinski definition) is 5. The van der Waals surface area contributed by atoms with Crippen LogP contribution in [0.1, 0.15) is 24.2 Å². The Bertz CT molecular complexity index is 369. The number of rotatable bonds is 5. The van der Waals surface area contributed by atoms with Crippen molar-refractivity contribution in [2.24, 2.45) is 0 Å². The van der Waals surface area contributed by atoms with E-state index in [1.165, 1.54) is 17.3 Å². The van der Waals surface area contributed by atoms with Gasteiger partial charge in [-0.2, -0.15) is 20.1 Å². The fraction of sp³-hybridized carbons (Fsp3) is 0.400. The van der Waals surface area contributed by atoms with Crippen molar-refractivity contribution in [1.29, 1.82) is 0 Å². The molecule has 1 N–H and O–H groups in total. The second kappa shape index (κ2) is 5.34. The molecule has 2 heterocycles. The number of nitrogens with zero attached hydrogens (tertiary/aromatic N) is 2. The molecule has 0 spiro atoms. The number of hydrogen-bond donors (Lipinski definition) is 1. The molecule has 3 nitrogen and oxygen atoms in total. The summed E-state index contributed by atoms with van der Waals surface area (Å²) in [5, 5.41) is 7.73. The van der Waals surface area contributed by atoms with Crippen LogP contribution in [0.5, 0.6) is 0 Å². The van der Waals surface area contributed by atoms with Crippen LogP contribution in [0.4, 0.5) is 0 Å². The molecule has 15 heavy (non-hydrogen) atoms. The highest BCUT2D eigenvalue weighted by molar-refractivity contribution is 7.07. The zero-order chi connectivity index (χ0) is 10.5. The number of aromatic nitrogens is 2. The van der Waals surface area contributed by atoms with Crippen molar-refractivity contribution >= 4 is 23.1 Å². The summed E-state index contributed by atoms with van der Waals surface area (Å²) in [7, 11) is 0. The lowest BCUT2D eigenvalue weighted by atomic mass is 10.1. The average molecular weight is 239 g/mol. The predicted octanol–water partition coefficient (Wildman–Crippen LogP) is 2.49. The van der Waals surface area contributed by atoms with E-state index >= 15 is 0 Å². The number of likely N-dealkylation sites (N-methyl/N-ethyl adjacent to an activating group) is 1. The van der Waals surface area contributed by atoms with Gasteiger partial charge < -0.3 is 5.32 Å². The molecule has 0 aliphatic carbocycles. The van der Waals surface area contributed by atoms with E-state index in [1.54, 1.807) is 11.3 Å². The minimum absolute atomic E-state index is 0.295. The quantitative estimate of drug-likeness (QED) is 0.871. The molecule has 0 aliphatic heterocycles. The van der Waals surface area contributed by atoms with Gasteiger partial charge in [-0.25, -0.2) is 0 Å². The maximum Gasteiger partial charge on any atom is 0.0915 e. The van der Waals surface area contributed by atoms with E-state index in [0.29, 0.717) is 6.04 Å². The second-order valence-electron chi connectivity index (χ2n) is 3.28. The van der Waals surface area contributed by atoms with Crippen molar-refractivity contribution in [2.75, 3.05) is 6.54 Å². The third-order valence-corrected chi connectivity index (χ3v) is 3.43. The Labute approximate surface area is 97.5 Å². The molecule has 1 atom stereocenters. The Hall–Kier alpha value is -0.780. The highest BCUT2D eigenvalue weighted by Gasteiger charge is 2.13. The van der Waals surface area contributed by atoms with Crippen molar-refractivity contribution < 1.29 is 0 Å². The number of nitrogens with one attached hydrogen (secondary N) is 1. The molecule has 5 heteroatoms. The lowest BCUT2D eigenvalue weighted by Gasteiger charge is -2.13. The van der Waals surface area contributed by atoms with Crippen LogP contribution in [0, 0.1) is 0 Å². The first-order valence-corrected chi connectivity index (χ1v) is 6.59. The van der Waals surface area contributed by atoms with E-state index in [-0.39, 0.29) is 0 Å². The molecular weight excluding hydrogens is 226 g/mol. The second-order valence-corrected chi connectivity index (χ2v) is 4.62. The molecule has 2 rings (SSSR count). The summed E-state index contributed by atoms with van der Waals surface area (Å²) in [4.78, 5) is 0. The van der Waals surface area contributed by atoms with Crippen LogP contribution in [-0.2, 0) is 6.42 Å². The highest BCUT2D eigenvalue weighted by atomic mass is 32.1. The minimum Gasteiger partial charge on any atom is -0.309 e. The van der Waals surface area contributed by atoms with Crippen LogP contribution in [0.15, 0.2) is 23.0 Å². The fourth-order valence-corrected chi connectivity index (χ4v) is 2.65. The van der Waals surface area contributed by atoms with E-state index in [1.807, 2.05) is 6.20 Å². The van der Waals surface area contributed by atoms with Gasteiger partial charge in [0, 0.05) is 0 Å². The summed E-state index contributed by atoms with van der Waals surface area (Å²) in [5.74, 6) is 0. The zero-order valence-corrected chi connectivity index (χ0v) is 10.1. The van der Waals surface area contributed by atoms with E-state index in [2.05, 4.69) is 37.8 Å². The lowest BCUT2D eigenvalue weighted by Crippen LogP contribution is -2.23. The minimum atomic E-state index is 0.295. The SMILES string of the molecule is CCNC(Cc1ccsc1)c1cnsn1. The van der Waals surface area contributed by atoms with Crippen LogP contribution in [0.25, 0.3) is 0 Å². The molecule has 2 aromatic heterocycles. The Morgan fingerprint density at radius 3 is 3.07 bits per heavy atom. The normalized spacial score (nSPS) is 12.9. The van der Waals surface area contributed by atoms with Crippen molar-refractivity contribution in [1.82, 2.24) is 14.1 Å². The van der Waals surface area contributed by atoms with Crippen LogP contribution in [0.2, 0.25) is 0 Å². The Kier molecular flexibility index (Phi) is 3.82. The lowest BCUT2D eigenvalue weighted by molar-refractivity contribution is 0.541. The van der Waals surface area contributed by atoms with Crippen LogP contribution in [0.3, 0.4) is 0 Å². The first-order valence-electron chi connectivity index (χ1n) is 4.92. The molecule has 0 fully saturated rings. The van der Waals surface area contributed by atoms with Gasteiger partial charge in [-0.15, -0.1) is 0 Å². The van der Waals surface area contributed by atoms with Gasteiger partial charge in [0.2, 0.25) is 0 Å². The Morgan fingerprint density at radius 2 is 2.47 bits per heavy atom. The van der Waals surface area contributed by atoms with Gasteiger partial charge in [-0.05, 0) is 35.4 Å². The Balaban J connectivity index is 2.07. The van der Waals surface area contributed by atoms with Crippen molar-refractivity contribution in [2.45, 2.75) is 19.4 Å². The maximum atomic E-state index is 4.29. The van der Waals surface area contributed by atoms with E-state index in [0.717, 1.165) is 18.7 Å². The first-order chi connectivity index (χ1) is 7.40. The molecule has 0 saturated carbocycles. The molecule has 1 unspecified atom stereocenters. The largest absolute Gasteiger partial charge is 0.309 e. The summed E-state index contributed by atoms with van der Waals surface area (Å²) in [6, 6.07) is 2.46. The summed E-state index contributed by atoms with van der Waals surface area (Å²) in [5.41, 5.74) is 2.41. The predicted molar refractivity (Wildman–Crippen MR) is 64.3 cm³/mol. The molecular formula is C10H13N3S2. The summed E-state index contributed by atoms with van der Waals surface area (Å²) in [6.45, 7) is 3.06. The maximum absolute atomic E-state index is 4.29. The van der Waals surface area contributed by atoms with Gasteiger partial charge in [0.25, 0.3) is 0 Å².